The molecule has 4 atom stereocenters. The number of nitrogens with one attached hydrogen (secondary N) is 3. The van der Waals surface area contributed by atoms with Crippen LogP contribution >= 0.6 is 0 Å². The highest BCUT2D eigenvalue weighted by Gasteiger charge is 2.70. The molecule has 0 radical (unpaired) electrons. The zero-order valence-corrected chi connectivity index (χ0v) is 20.5. The summed E-state index contributed by atoms with van der Waals surface area (Å²) < 4.78 is 0. The fourth-order valence-electron chi connectivity index (χ4n) is 6.57. The number of ketones is 1. The SMILES string of the molecule is CC(=O)c1ccc(N2C(=O)[C@@H]3[C@H](Cc4c[nH]c5ccccc45)N[C@]4(C(=O)Nc5ccccc54)[C@H]3C2=O)cc1. The first-order chi connectivity index (χ1) is 18.4. The van der Waals surface area contributed by atoms with Gasteiger partial charge in [0, 0.05) is 40.0 Å². The van der Waals surface area contributed by atoms with Gasteiger partial charge < -0.3 is 10.3 Å². The lowest BCUT2D eigenvalue weighted by atomic mass is 9.76. The van der Waals surface area contributed by atoms with Crippen molar-refractivity contribution in [2.75, 3.05) is 10.2 Å². The largest absolute Gasteiger partial charge is 0.361 e. The molecule has 0 bridgehead atoms. The molecule has 3 amide bonds. The number of benzene rings is 3. The van der Waals surface area contributed by atoms with E-state index in [0.29, 0.717) is 28.9 Å². The van der Waals surface area contributed by atoms with Crippen LogP contribution in [0, 0.1) is 11.8 Å². The summed E-state index contributed by atoms with van der Waals surface area (Å²) in [5.41, 5.74) is 2.83. The normalized spacial score (nSPS) is 25.8. The predicted octanol–water partition coefficient (Wildman–Crippen LogP) is 3.54. The van der Waals surface area contributed by atoms with Crippen LogP contribution in [0.25, 0.3) is 10.9 Å². The molecule has 3 aliphatic heterocycles. The number of para-hydroxylation sites is 2. The van der Waals surface area contributed by atoms with Gasteiger partial charge in [-0.1, -0.05) is 36.4 Å². The lowest BCUT2D eigenvalue weighted by Crippen LogP contribution is -2.53. The number of nitrogens with zero attached hydrogens (tertiary/aromatic N) is 1. The van der Waals surface area contributed by atoms with Crippen molar-refractivity contribution in [2.45, 2.75) is 24.9 Å². The number of carbonyl (C=O) groups excluding carboxylic acids is 4. The minimum atomic E-state index is -1.36. The monoisotopic (exact) mass is 504 g/mol. The van der Waals surface area contributed by atoms with Crippen LogP contribution in [-0.4, -0.2) is 34.5 Å². The van der Waals surface area contributed by atoms with E-state index < -0.39 is 29.3 Å². The molecule has 0 aliphatic carbocycles. The number of fused-ring (bicyclic) bond motifs is 5. The van der Waals surface area contributed by atoms with E-state index in [0.717, 1.165) is 16.5 Å². The minimum Gasteiger partial charge on any atom is -0.361 e. The number of carbonyl (C=O) groups is 4. The van der Waals surface area contributed by atoms with Crippen LogP contribution in [0.3, 0.4) is 0 Å². The van der Waals surface area contributed by atoms with E-state index in [1.807, 2.05) is 54.7 Å². The first-order valence-electron chi connectivity index (χ1n) is 12.6. The summed E-state index contributed by atoms with van der Waals surface area (Å²) in [6.45, 7) is 1.46. The van der Waals surface area contributed by atoms with Crippen LogP contribution < -0.4 is 15.5 Å². The molecule has 4 heterocycles. The van der Waals surface area contributed by atoms with E-state index in [1.165, 1.54) is 11.8 Å². The maximum absolute atomic E-state index is 14.1. The van der Waals surface area contributed by atoms with E-state index in [9.17, 15) is 19.2 Å². The van der Waals surface area contributed by atoms with E-state index in [2.05, 4.69) is 15.6 Å². The highest BCUT2D eigenvalue weighted by atomic mass is 16.2. The van der Waals surface area contributed by atoms with E-state index in [1.54, 1.807) is 24.3 Å². The van der Waals surface area contributed by atoms with Crippen molar-refractivity contribution < 1.29 is 19.2 Å². The van der Waals surface area contributed by atoms with Crippen LogP contribution in [0.5, 0.6) is 0 Å². The fourth-order valence-corrected chi connectivity index (χ4v) is 6.57. The van der Waals surface area contributed by atoms with E-state index in [4.69, 9.17) is 0 Å². The number of rotatable bonds is 4. The molecule has 0 unspecified atom stereocenters. The maximum Gasteiger partial charge on any atom is 0.250 e. The lowest BCUT2D eigenvalue weighted by molar-refractivity contribution is -0.130. The predicted molar refractivity (Wildman–Crippen MR) is 142 cm³/mol. The second-order valence-corrected chi connectivity index (χ2v) is 10.2. The Balaban J connectivity index is 1.35. The highest BCUT2D eigenvalue weighted by Crippen LogP contribution is 2.54. The molecular weight excluding hydrogens is 480 g/mol. The standard InChI is InChI=1S/C30H24N4O4/c1-16(35)17-10-12-19(13-11-17)34-27(36)25-24(14-18-15-31-22-8-4-2-6-20(18)22)33-30(26(25)28(34)37)21-7-3-5-9-23(21)32-29(30)38/h2-13,15,24-26,31,33H,14H2,1H3,(H,32,38)/t24-,25+,26+,30-/m0/s1. The van der Waals surface area contributed by atoms with Gasteiger partial charge in [-0.15, -0.1) is 0 Å². The average Bonchev–Trinajstić information content (AvgIpc) is 3.63. The van der Waals surface area contributed by atoms with Crippen LogP contribution in [0.15, 0.2) is 79.0 Å². The highest BCUT2D eigenvalue weighted by molar-refractivity contribution is 6.26. The quantitative estimate of drug-likeness (QED) is 0.291. The van der Waals surface area contributed by atoms with E-state index >= 15 is 0 Å². The molecule has 8 heteroatoms. The van der Waals surface area contributed by atoms with Gasteiger partial charge in [0.15, 0.2) is 5.78 Å². The number of amides is 3. The van der Waals surface area contributed by atoms with Crippen molar-refractivity contribution in [1.82, 2.24) is 10.3 Å². The molecule has 38 heavy (non-hydrogen) atoms. The third-order valence-corrected chi connectivity index (χ3v) is 8.27. The molecule has 2 fully saturated rings. The number of imide groups is 1. The third-order valence-electron chi connectivity index (χ3n) is 8.27. The molecule has 3 aliphatic rings. The Bertz CT molecular complexity index is 1670. The Morgan fingerprint density at radius 2 is 1.66 bits per heavy atom. The summed E-state index contributed by atoms with van der Waals surface area (Å²) in [4.78, 5) is 58.1. The molecule has 3 aromatic carbocycles. The molecule has 188 valence electrons. The molecule has 4 aromatic rings. The van der Waals surface area contributed by atoms with Gasteiger partial charge in [-0.25, -0.2) is 4.90 Å². The zero-order chi connectivity index (χ0) is 26.2. The van der Waals surface area contributed by atoms with Crippen molar-refractivity contribution in [3.63, 3.8) is 0 Å². The summed E-state index contributed by atoms with van der Waals surface area (Å²) >= 11 is 0. The smallest absolute Gasteiger partial charge is 0.250 e. The molecular formula is C30H24N4O4. The van der Waals surface area contributed by atoms with Crippen molar-refractivity contribution in [1.29, 1.82) is 0 Å². The van der Waals surface area contributed by atoms with Gasteiger partial charge in [0.1, 0.15) is 5.54 Å². The maximum atomic E-state index is 14.1. The zero-order valence-electron chi connectivity index (χ0n) is 20.5. The molecule has 0 saturated carbocycles. The lowest BCUT2D eigenvalue weighted by Gasteiger charge is -2.29. The van der Waals surface area contributed by atoms with Gasteiger partial charge in [0.2, 0.25) is 17.7 Å². The summed E-state index contributed by atoms with van der Waals surface area (Å²) in [7, 11) is 0. The van der Waals surface area contributed by atoms with E-state index in [-0.39, 0.29) is 17.6 Å². The summed E-state index contributed by atoms with van der Waals surface area (Å²) in [6, 6.07) is 21.2. The molecule has 7 rings (SSSR count). The number of aromatic amines is 1. The Morgan fingerprint density at radius 1 is 0.921 bits per heavy atom. The van der Waals surface area contributed by atoms with Crippen molar-refractivity contribution >= 4 is 45.8 Å². The van der Waals surface area contributed by atoms with Crippen LogP contribution in [0.4, 0.5) is 11.4 Å². The molecule has 1 spiro atoms. The first-order valence-corrected chi connectivity index (χ1v) is 12.6. The van der Waals surface area contributed by atoms with Crippen molar-refractivity contribution in [3.8, 4) is 0 Å². The first kappa shape index (κ1) is 22.6. The molecule has 3 N–H and O–H groups in total. The van der Waals surface area contributed by atoms with Gasteiger partial charge in [0.05, 0.1) is 17.5 Å². The summed E-state index contributed by atoms with van der Waals surface area (Å²) in [6.07, 6.45) is 2.38. The summed E-state index contributed by atoms with van der Waals surface area (Å²) in [5, 5.41) is 7.47. The number of aromatic nitrogens is 1. The average molecular weight is 505 g/mol. The van der Waals surface area contributed by atoms with Gasteiger partial charge in [-0.3, -0.25) is 24.5 Å². The Morgan fingerprint density at radius 3 is 2.45 bits per heavy atom. The minimum absolute atomic E-state index is 0.103. The molecule has 1 aromatic heterocycles. The number of hydrogen-bond acceptors (Lipinski definition) is 5. The topological polar surface area (TPSA) is 111 Å². The number of H-pyrrole nitrogens is 1. The van der Waals surface area contributed by atoms with Crippen molar-refractivity contribution in [2.24, 2.45) is 11.8 Å². The number of hydrogen-bond donors (Lipinski definition) is 3. The Kier molecular flexibility index (Phi) is 4.74. The van der Waals surface area contributed by atoms with Crippen LogP contribution in [0.2, 0.25) is 0 Å². The molecule has 2 saturated heterocycles. The van der Waals surface area contributed by atoms with Gasteiger partial charge in [-0.2, -0.15) is 0 Å². The van der Waals surface area contributed by atoms with Crippen LogP contribution in [-0.2, 0) is 26.3 Å². The second-order valence-electron chi connectivity index (χ2n) is 10.2. The van der Waals surface area contributed by atoms with Gasteiger partial charge in [-0.05, 0) is 55.3 Å². The number of anilines is 2. The Labute approximate surface area is 218 Å². The van der Waals surface area contributed by atoms with Crippen molar-refractivity contribution in [3.05, 3.63) is 95.7 Å². The molecule has 8 nitrogen and oxygen atoms in total. The summed E-state index contributed by atoms with van der Waals surface area (Å²) in [5.74, 6) is -2.86. The third kappa shape index (κ3) is 2.95. The second kappa shape index (κ2) is 7.97. The van der Waals surface area contributed by atoms with Gasteiger partial charge in [0.25, 0.3) is 0 Å². The van der Waals surface area contributed by atoms with Crippen LogP contribution in [0.1, 0.15) is 28.4 Å². The number of Topliss-reactive ketones (excluding diaryl/α,β-unsaturated/α-hetero) is 1. The van der Waals surface area contributed by atoms with Gasteiger partial charge >= 0.3 is 0 Å². The fraction of sp³-hybridized carbons (Fsp3) is 0.200. The Hall–Kier alpha value is -4.56.